The molecule has 0 unspecified atom stereocenters. The lowest BCUT2D eigenvalue weighted by Crippen LogP contribution is -2.30. The summed E-state index contributed by atoms with van der Waals surface area (Å²) in [4.78, 5) is 14.7. The third-order valence-electron chi connectivity index (χ3n) is 5.49. The summed E-state index contributed by atoms with van der Waals surface area (Å²) >= 11 is 15.2. The van der Waals surface area contributed by atoms with Gasteiger partial charge in [0, 0.05) is 27.1 Å². The van der Waals surface area contributed by atoms with Gasteiger partial charge >= 0.3 is 0 Å². The molecule has 1 fully saturated rings. The molecule has 8 heteroatoms. The maximum Gasteiger partial charge on any atom is 0.281 e. The van der Waals surface area contributed by atoms with E-state index in [-0.39, 0.29) is 5.91 Å². The standard InChI is InChI=1S/C26H19BrClN3O2S/c27-18-10-11-23-20(15-18)17(16-30(23)12-13-33-24-9-5-4-8-21(24)28)14-22-25(32)31(26(34)29-22)19-6-2-1-3-7-19/h1-11,14-16H,12-13H2,(H,29,34)/b22-14-. The number of para-hydroxylation sites is 2. The van der Waals surface area contributed by atoms with Gasteiger partial charge in [-0.3, -0.25) is 9.69 Å². The molecule has 2 heterocycles. The van der Waals surface area contributed by atoms with Crippen molar-refractivity contribution in [1.82, 2.24) is 9.88 Å². The Morgan fingerprint density at radius 2 is 1.82 bits per heavy atom. The van der Waals surface area contributed by atoms with E-state index < -0.39 is 0 Å². The number of hydrogen-bond donors (Lipinski definition) is 1. The largest absolute Gasteiger partial charge is 0.490 e. The minimum Gasteiger partial charge on any atom is -0.490 e. The molecule has 0 saturated carbocycles. The van der Waals surface area contributed by atoms with Crippen LogP contribution in [0, 0.1) is 0 Å². The van der Waals surface area contributed by atoms with Gasteiger partial charge in [0.2, 0.25) is 0 Å². The molecule has 0 bridgehead atoms. The van der Waals surface area contributed by atoms with Crippen molar-refractivity contribution in [3.05, 3.63) is 99.7 Å². The molecule has 34 heavy (non-hydrogen) atoms. The highest BCUT2D eigenvalue weighted by molar-refractivity contribution is 9.10. The fourth-order valence-corrected chi connectivity index (χ4v) is 4.76. The van der Waals surface area contributed by atoms with Crippen molar-refractivity contribution in [1.29, 1.82) is 0 Å². The summed E-state index contributed by atoms with van der Waals surface area (Å²) in [5.41, 5.74) is 3.10. The van der Waals surface area contributed by atoms with E-state index in [0.717, 1.165) is 26.6 Å². The molecule has 5 nitrogen and oxygen atoms in total. The van der Waals surface area contributed by atoms with Gasteiger partial charge in [-0.25, -0.2) is 0 Å². The van der Waals surface area contributed by atoms with E-state index in [1.54, 1.807) is 6.07 Å². The van der Waals surface area contributed by atoms with Gasteiger partial charge in [-0.2, -0.15) is 0 Å². The molecule has 170 valence electrons. The SMILES string of the molecule is O=C1/C(=C/c2cn(CCOc3ccccc3Cl)c3ccc(Br)cc23)NC(=S)N1c1ccccc1. The Balaban J connectivity index is 1.44. The summed E-state index contributed by atoms with van der Waals surface area (Å²) in [7, 11) is 0. The molecule has 0 atom stereocenters. The van der Waals surface area contributed by atoms with Gasteiger partial charge in [-0.05, 0) is 60.8 Å². The lowest BCUT2D eigenvalue weighted by Gasteiger charge is -2.13. The van der Waals surface area contributed by atoms with Crippen LogP contribution in [0.2, 0.25) is 5.02 Å². The quantitative estimate of drug-likeness (QED) is 0.222. The van der Waals surface area contributed by atoms with Crippen LogP contribution in [0.15, 0.2) is 89.2 Å². The molecule has 3 aromatic carbocycles. The van der Waals surface area contributed by atoms with Crippen LogP contribution in [-0.4, -0.2) is 22.2 Å². The number of rotatable bonds is 6. The first-order chi connectivity index (χ1) is 16.5. The van der Waals surface area contributed by atoms with Gasteiger partial charge in [0.05, 0.1) is 17.3 Å². The first-order valence-corrected chi connectivity index (χ1v) is 12.2. The molecule has 1 saturated heterocycles. The number of carbonyl (C=O) groups excluding carboxylic acids is 1. The zero-order valence-corrected chi connectivity index (χ0v) is 21.0. The number of nitrogens with zero attached hydrogens (tertiary/aromatic N) is 2. The molecule has 4 aromatic rings. The maximum atomic E-state index is 13.2. The van der Waals surface area contributed by atoms with Crippen LogP contribution in [0.1, 0.15) is 5.56 Å². The number of fused-ring (bicyclic) bond motifs is 1. The molecule has 0 aliphatic carbocycles. The zero-order valence-electron chi connectivity index (χ0n) is 17.9. The van der Waals surface area contributed by atoms with Crippen molar-refractivity contribution in [3.63, 3.8) is 0 Å². The molecule has 1 aliphatic heterocycles. The molecular weight excluding hydrogens is 534 g/mol. The summed E-state index contributed by atoms with van der Waals surface area (Å²) in [6.07, 6.45) is 3.86. The molecule has 1 amide bonds. The number of aromatic nitrogens is 1. The Kier molecular flexibility index (Phi) is 6.41. The molecular formula is C26H19BrClN3O2S. The number of anilines is 1. The Morgan fingerprint density at radius 3 is 2.62 bits per heavy atom. The molecule has 1 N–H and O–H groups in total. The number of amides is 1. The minimum atomic E-state index is -0.186. The monoisotopic (exact) mass is 551 g/mol. The Morgan fingerprint density at radius 1 is 1.06 bits per heavy atom. The second kappa shape index (κ2) is 9.62. The van der Waals surface area contributed by atoms with E-state index in [0.29, 0.717) is 34.7 Å². The van der Waals surface area contributed by atoms with Crippen LogP contribution in [-0.2, 0) is 11.3 Å². The zero-order chi connectivity index (χ0) is 23.7. The van der Waals surface area contributed by atoms with E-state index in [2.05, 4.69) is 25.8 Å². The lowest BCUT2D eigenvalue weighted by molar-refractivity contribution is -0.113. The third kappa shape index (κ3) is 4.46. The fourth-order valence-electron chi connectivity index (χ4n) is 3.91. The van der Waals surface area contributed by atoms with Gasteiger partial charge in [0.1, 0.15) is 18.1 Å². The molecule has 1 aromatic heterocycles. The second-order valence-electron chi connectivity index (χ2n) is 7.68. The van der Waals surface area contributed by atoms with Crippen molar-refractivity contribution < 1.29 is 9.53 Å². The van der Waals surface area contributed by atoms with E-state index in [9.17, 15) is 4.79 Å². The van der Waals surface area contributed by atoms with Crippen LogP contribution in [0.3, 0.4) is 0 Å². The molecule has 0 spiro atoms. The number of ether oxygens (including phenoxy) is 1. The van der Waals surface area contributed by atoms with E-state index in [1.165, 1.54) is 4.90 Å². The smallest absolute Gasteiger partial charge is 0.281 e. The lowest BCUT2D eigenvalue weighted by atomic mass is 10.1. The number of nitrogens with one attached hydrogen (secondary N) is 1. The number of carbonyl (C=O) groups is 1. The van der Waals surface area contributed by atoms with Crippen LogP contribution in [0.4, 0.5) is 5.69 Å². The predicted octanol–water partition coefficient (Wildman–Crippen LogP) is 6.40. The predicted molar refractivity (Wildman–Crippen MR) is 144 cm³/mol. The van der Waals surface area contributed by atoms with Crippen LogP contribution >= 0.6 is 39.7 Å². The minimum absolute atomic E-state index is 0.186. The first kappa shape index (κ1) is 22.7. The van der Waals surface area contributed by atoms with Gasteiger partial charge in [-0.15, -0.1) is 0 Å². The number of halogens is 2. The van der Waals surface area contributed by atoms with Crippen molar-refractivity contribution in [2.75, 3.05) is 11.5 Å². The normalized spacial score (nSPS) is 14.8. The highest BCUT2D eigenvalue weighted by atomic mass is 79.9. The third-order valence-corrected chi connectivity index (χ3v) is 6.58. The second-order valence-corrected chi connectivity index (χ2v) is 9.39. The highest BCUT2D eigenvalue weighted by Crippen LogP contribution is 2.29. The maximum absolute atomic E-state index is 13.2. The van der Waals surface area contributed by atoms with E-state index in [1.807, 2.05) is 79.0 Å². The van der Waals surface area contributed by atoms with Crippen LogP contribution in [0.5, 0.6) is 5.75 Å². The number of hydrogen-bond acceptors (Lipinski definition) is 3. The van der Waals surface area contributed by atoms with Gasteiger partial charge < -0.3 is 14.6 Å². The van der Waals surface area contributed by atoms with Crippen LogP contribution in [0.25, 0.3) is 17.0 Å². The molecule has 1 aliphatic rings. The summed E-state index contributed by atoms with van der Waals surface area (Å²) in [6, 6.07) is 22.9. The van der Waals surface area contributed by atoms with E-state index in [4.69, 9.17) is 28.6 Å². The average molecular weight is 553 g/mol. The van der Waals surface area contributed by atoms with Gasteiger partial charge in [0.25, 0.3) is 5.91 Å². The Labute approximate surface area is 215 Å². The number of benzene rings is 3. The number of thiocarbonyl (C=S) groups is 1. The average Bonchev–Trinajstić information content (AvgIpc) is 3.31. The highest BCUT2D eigenvalue weighted by Gasteiger charge is 2.32. The summed E-state index contributed by atoms with van der Waals surface area (Å²) in [6.45, 7) is 1.06. The topological polar surface area (TPSA) is 46.5 Å². The summed E-state index contributed by atoms with van der Waals surface area (Å²) in [5.74, 6) is 0.468. The van der Waals surface area contributed by atoms with Crippen molar-refractivity contribution >= 4 is 73.4 Å². The van der Waals surface area contributed by atoms with Crippen molar-refractivity contribution in [2.45, 2.75) is 6.54 Å². The fraction of sp³-hybridized carbons (Fsp3) is 0.0769. The van der Waals surface area contributed by atoms with Crippen molar-refractivity contribution in [2.24, 2.45) is 0 Å². The summed E-state index contributed by atoms with van der Waals surface area (Å²) in [5, 5.41) is 5.03. The Hall–Kier alpha value is -3.13. The van der Waals surface area contributed by atoms with Crippen molar-refractivity contribution in [3.8, 4) is 5.75 Å². The van der Waals surface area contributed by atoms with Crippen LogP contribution < -0.4 is 15.0 Å². The molecule has 0 radical (unpaired) electrons. The summed E-state index contributed by atoms with van der Waals surface area (Å²) < 4.78 is 8.95. The first-order valence-electron chi connectivity index (χ1n) is 10.6. The van der Waals surface area contributed by atoms with E-state index >= 15 is 0 Å². The van der Waals surface area contributed by atoms with Gasteiger partial charge in [0.15, 0.2) is 5.11 Å². The van der Waals surface area contributed by atoms with Gasteiger partial charge in [-0.1, -0.05) is 57.9 Å². The molecule has 5 rings (SSSR count). The Bertz CT molecular complexity index is 1430.